The van der Waals surface area contributed by atoms with E-state index in [-0.39, 0.29) is 0 Å². The summed E-state index contributed by atoms with van der Waals surface area (Å²) in [5.74, 6) is 0.895. The molecule has 0 bridgehead atoms. The number of hydrogen-bond donors (Lipinski definition) is 0. The molecular weight excluding hydrogens is 623 g/mol. The fourth-order valence-corrected chi connectivity index (χ4v) is 8.00. The van der Waals surface area contributed by atoms with Crippen LogP contribution in [-0.2, 0) is 0 Å². The molecule has 0 fully saturated rings. The minimum Gasteiger partial charge on any atom is -0.456 e. The van der Waals surface area contributed by atoms with Gasteiger partial charge in [-0.05, 0) is 90.0 Å². The smallest absolute Gasteiger partial charge is 0.138 e. The molecule has 4 heterocycles. The van der Waals surface area contributed by atoms with Crippen molar-refractivity contribution in [3.8, 4) is 33.9 Å². The summed E-state index contributed by atoms with van der Waals surface area (Å²) in [7, 11) is 0. The first-order chi connectivity index (χ1) is 25.3. The number of fused-ring (bicyclic) bond motifs is 9. The maximum atomic E-state index is 6.40. The fourth-order valence-electron chi connectivity index (χ4n) is 8.00. The number of benzene rings is 7. The molecule has 0 saturated heterocycles. The van der Waals surface area contributed by atoms with Crippen LogP contribution in [0.3, 0.4) is 0 Å². The first-order valence-electron chi connectivity index (χ1n) is 17.3. The van der Waals surface area contributed by atoms with Crippen molar-refractivity contribution in [2.45, 2.75) is 0 Å². The molecule has 4 nitrogen and oxygen atoms in total. The lowest BCUT2D eigenvalue weighted by Gasteiger charge is -2.09. The van der Waals surface area contributed by atoms with Crippen LogP contribution in [0.15, 0.2) is 180 Å². The molecule has 0 unspecified atom stereocenters. The van der Waals surface area contributed by atoms with Crippen molar-refractivity contribution < 1.29 is 4.42 Å². The summed E-state index contributed by atoms with van der Waals surface area (Å²) < 4.78 is 11.0. The van der Waals surface area contributed by atoms with E-state index >= 15 is 0 Å². The first-order valence-corrected chi connectivity index (χ1v) is 17.3. The molecule has 0 aliphatic heterocycles. The first kappa shape index (κ1) is 28.0. The van der Waals surface area contributed by atoms with Crippen LogP contribution in [-0.4, -0.2) is 14.1 Å². The minimum absolute atomic E-state index is 0.860. The van der Waals surface area contributed by atoms with E-state index in [1.807, 2.05) is 0 Å². The van der Waals surface area contributed by atoms with E-state index in [0.717, 1.165) is 55.7 Å². The lowest BCUT2D eigenvalue weighted by molar-refractivity contribution is 0.669. The van der Waals surface area contributed by atoms with Crippen LogP contribution >= 0.6 is 0 Å². The molecule has 0 spiro atoms. The van der Waals surface area contributed by atoms with E-state index in [1.165, 1.54) is 43.7 Å². The quantitative estimate of drug-likeness (QED) is 0.190. The van der Waals surface area contributed by atoms with E-state index in [4.69, 9.17) is 9.40 Å². The Hall–Kier alpha value is -6.91. The van der Waals surface area contributed by atoms with Gasteiger partial charge in [0.2, 0.25) is 0 Å². The van der Waals surface area contributed by atoms with Gasteiger partial charge >= 0.3 is 0 Å². The Kier molecular flexibility index (Phi) is 5.92. The number of para-hydroxylation sites is 3. The molecule has 0 saturated carbocycles. The molecule has 0 N–H and O–H groups in total. The van der Waals surface area contributed by atoms with E-state index in [1.54, 1.807) is 0 Å². The maximum Gasteiger partial charge on any atom is 0.138 e. The SMILES string of the molecule is c1ccc(-c2ccc3c(c2)c2ccccc2n3-c2ccc3oc4ccc(-c5cccc(-n6c7ccccc7c7ccccc76)n5)cc4c3c2)cc1. The molecule has 0 radical (unpaired) electrons. The Morgan fingerprint density at radius 1 is 0.353 bits per heavy atom. The Balaban J connectivity index is 1.06. The zero-order chi connectivity index (χ0) is 33.5. The van der Waals surface area contributed by atoms with Gasteiger partial charge in [0.05, 0.1) is 27.8 Å². The molecule has 51 heavy (non-hydrogen) atoms. The van der Waals surface area contributed by atoms with Gasteiger partial charge in [0.15, 0.2) is 0 Å². The van der Waals surface area contributed by atoms with Gasteiger partial charge in [-0.3, -0.25) is 4.57 Å². The van der Waals surface area contributed by atoms with Gasteiger partial charge in [-0.25, -0.2) is 4.98 Å². The highest BCUT2D eigenvalue weighted by atomic mass is 16.3. The number of furan rings is 1. The van der Waals surface area contributed by atoms with Gasteiger partial charge in [0, 0.05) is 43.6 Å². The standard InChI is InChI=1S/C47H29N3O/c1-2-11-30(12-3-1)31-21-24-44-37(27-31)36-15-6-7-17-41(36)49(44)33-23-26-46-39(29-33)38-28-32(22-25-45(38)51-46)40-16-10-20-47(48-40)50-42-18-8-4-13-34(42)35-14-5-9-19-43(35)50/h1-29H. The molecule has 4 aromatic heterocycles. The lowest BCUT2D eigenvalue weighted by Crippen LogP contribution is -1.98. The summed E-state index contributed by atoms with van der Waals surface area (Å²) in [6.07, 6.45) is 0. The number of rotatable bonds is 4. The largest absolute Gasteiger partial charge is 0.456 e. The number of pyridine rings is 1. The fraction of sp³-hybridized carbons (Fsp3) is 0. The van der Waals surface area contributed by atoms with Crippen LogP contribution in [0.4, 0.5) is 0 Å². The Labute approximate surface area is 293 Å². The lowest BCUT2D eigenvalue weighted by atomic mass is 10.0. The summed E-state index contributed by atoms with van der Waals surface area (Å²) in [6, 6.07) is 62.4. The third-order valence-corrected chi connectivity index (χ3v) is 10.3. The van der Waals surface area contributed by atoms with Gasteiger partial charge in [-0.15, -0.1) is 0 Å². The highest BCUT2D eigenvalue weighted by molar-refractivity contribution is 6.12. The zero-order valence-corrected chi connectivity index (χ0v) is 27.5. The van der Waals surface area contributed by atoms with E-state index in [2.05, 4.69) is 185 Å². The van der Waals surface area contributed by atoms with Crippen molar-refractivity contribution in [3.63, 3.8) is 0 Å². The van der Waals surface area contributed by atoms with Crippen LogP contribution in [0.25, 0.3) is 99.4 Å². The van der Waals surface area contributed by atoms with Crippen molar-refractivity contribution in [1.82, 2.24) is 14.1 Å². The molecule has 11 aromatic rings. The van der Waals surface area contributed by atoms with E-state index in [9.17, 15) is 0 Å². The van der Waals surface area contributed by atoms with Crippen LogP contribution in [0.1, 0.15) is 0 Å². The summed E-state index contributed by atoms with van der Waals surface area (Å²) >= 11 is 0. The molecule has 7 aromatic carbocycles. The van der Waals surface area contributed by atoms with E-state index < -0.39 is 0 Å². The molecule has 11 rings (SSSR count). The van der Waals surface area contributed by atoms with Gasteiger partial charge in [-0.1, -0.05) is 97.1 Å². The minimum atomic E-state index is 0.860. The average Bonchev–Trinajstić information content (AvgIpc) is 3.85. The van der Waals surface area contributed by atoms with Crippen LogP contribution in [0.5, 0.6) is 0 Å². The van der Waals surface area contributed by atoms with Crippen molar-refractivity contribution in [2.24, 2.45) is 0 Å². The predicted octanol–water partition coefficient (Wildman–Crippen LogP) is 12.5. The molecule has 0 amide bonds. The Morgan fingerprint density at radius 2 is 0.922 bits per heavy atom. The Bertz CT molecular complexity index is 3090. The molecule has 238 valence electrons. The second-order valence-corrected chi connectivity index (χ2v) is 13.2. The van der Waals surface area contributed by atoms with Crippen LogP contribution < -0.4 is 0 Å². The summed E-state index contributed by atoms with van der Waals surface area (Å²) in [5.41, 5.74) is 11.9. The Morgan fingerprint density at radius 3 is 1.67 bits per heavy atom. The third kappa shape index (κ3) is 4.23. The second-order valence-electron chi connectivity index (χ2n) is 13.2. The topological polar surface area (TPSA) is 35.9 Å². The van der Waals surface area contributed by atoms with Crippen molar-refractivity contribution in [1.29, 1.82) is 0 Å². The van der Waals surface area contributed by atoms with Crippen molar-refractivity contribution >= 4 is 65.6 Å². The van der Waals surface area contributed by atoms with Crippen LogP contribution in [0.2, 0.25) is 0 Å². The van der Waals surface area contributed by atoms with Crippen molar-refractivity contribution in [3.05, 3.63) is 176 Å². The number of aromatic nitrogens is 3. The molecular formula is C47H29N3O. The van der Waals surface area contributed by atoms with Gasteiger partial charge < -0.3 is 8.98 Å². The maximum absolute atomic E-state index is 6.40. The highest BCUT2D eigenvalue weighted by Crippen LogP contribution is 2.38. The zero-order valence-electron chi connectivity index (χ0n) is 27.5. The van der Waals surface area contributed by atoms with Gasteiger partial charge in [0.1, 0.15) is 17.0 Å². The molecule has 0 aliphatic rings. The van der Waals surface area contributed by atoms with Crippen molar-refractivity contribution in [2.75, 3.05) is 0 Å². The highest BCUT2D eigenvalue weighted by Gasteiger charge is 2.17. The summed E-state index contributed by atoms with van der Waals surface area (Å²) in [4.78, 5) is 5.24. The summed E-state index contributed by atoms with van der Waals surface area (Å²) in [5, 5.41) is 7.07. The summed E-state index contributed by atoms with van der Waals surface area (Å²) in [6.45, 7) is 0. The van der Waals surface area contributed by atoms with Gasteiger partial charge in [0.25, 0.3) is 0 Å². The normalized spacial score (nSPS) is 11.9. The number of nitrogens with zero attached hydrogens (tertiary/aromatic N) is 3. The predicted molar refractivity (Wildman–Crippen MR) is 211 cm³/mol. The van der Waals surface area contributed by atoms with Gasteiger partial charge in [-0.2, -0.15) is 0 Å². The molecule has 0 aliphatic carbocycles. The average molecular weight is 652 g/mol. The molecule has 4 heteroatoms. The molecule has 0 atom stereocenters. The third-order valence-electron chi connectivity index (χ3n) is 10.3. The van der Waals surface area contributed by atoms with Crippen LogP contribution in [0, 0.1) is 0 Å². The van der Waals surface area contributed by atoms with E-state index in [0.29, 0.717) is 0 Å². The number of hydrogen-bond acceptors (Lipinski definition) is 2. The second kappa shape index (κ2) is 10.8. The monoisotopic (exact) mass is 651 g/mol.